The number of fused-ring (bicyclic) bond motifs is 1. The highest BCUT2D eigenvalue weighted by molar-refractivity contribution is 6.31. The molecule has 7 nitrogen and oxygen atoms in total. The van der Waals surface area contributed by atoms with Gasteiger partial charge in [0.2, 0.25) is 5.95 Å². The number of aliphatic hydroxyl groups is 1. The molecule has 1 aliphatic rings. The van der Waals surface area contributed by atoms with Gasteiger partial charge >= 0.3 is 0 Å². The molecule has 0 spiro atoms. The summed E-state index contributed by atoms with van der Waals surface area (Å²) in [5, 5.41) is 28.2. The van der Waals surface area contributed by atoms with Crippen LogP contribution in [0.25, 0.3) is 10.9 Å². The lowest BCUT2D eigenvalue weighted by atomic mass is 9.73. The summed E-state index contributed by atoms with van der Waals surface area (Å²) < 4.78 is 0. The van der Waals surface area contributed by atoms with Crippen LogP contribution in [0, 0.1) is 16.7 Å². The van der Waals surface area contributed by atoms with Gasteiger partial charge in [0, 0.05) is 34.7 Å². The second-order valence-electron chi connectivity index (χ2n) is 8.88. The summed E-state index contributed by atoms with van der Waals surface area (Å²) in [6.45, 7) is 4.80. The largest absolute Gasteiger partial charge is 0.393 e. The molecule has 1 aliphatic carbocycles. The highest BCUT2D eigenvalue weighted by Gasteiger charge is 2.35. The van der Waals surface area contributed by atoms with E-state index < -0.39 is 0 Å². The molecule has 0 radical (unpaired) electrons. The number of anilines is 2. The van der Waals surface area contributed by atoms with Gasteiger partial charge in [-0.3, -0.25) is 0 Å². The molecule has 2 atom stereocenters. The van der Waals surface area contributed by atoms with E-state index in [0.717, 1.165) is 36.6 Å². The van der Waals surface area contributed by atoms with E-state index in [-0.39, 0.29) is 17.6 Å². The maximum Gasteiger partial charge on any atom is 0.224 e. The molecule has 4 N–H and O–H groups in total. The Labute approximate surface area is 186 Å². The SMILES string of the molecule is CC1(C)C[C@H](Nc2nc(NCCc3c[nH]c4cc(Cl)ccc34)ncc2C#N)CC[C@@H]1O. The monoisotopic (exact) mass is 438 g/mol. The van der Waals surface area contributed by atoms with Crippen LogP contribution >= 0.6 is 11.6 Å². The fraction of sp³-hybridized carbons (Fsp3) is 0.435. The van der Waals surface area contributed by atoms with E-state index in [1.54, 1.807) is 6.20 Å². The Bertz CT molecular complexity index is 1120. The molecule has 8 heteroatoms. The normalized spacial score (nSPS) is 20.4. The van der Waals surface area contributed by atoms with Gasteiger partial charge in [-0.25, -0.2) is 4.98 Å². The summed E-state index contributed by atoms with van der Waals surface area (Å²) >= 11 is 6.05. The van der Waals surface area contributed by atoms with Crippen molar-refractivity contribution in [3.05, 3.63) is 46.7 Å². The lowest BCUT2D eigenvalue weighted by Gasteiger charge is -2.40. The number of nitrogens with zero attached hydrogens (tertiary/aromatic N) is 3. The van der Waals surface area contributed by atoms with E-state index in [1.807, 2.05) is 24.4 Å². The van der Waals surface area contributed by atoms with Crippen LogP contribution in [0.3, 0.4) is 0 Å². The van der Waals surface area contributed by atoms with Crippen molar-refractivity contribution in [2.75, 3.05) is 17.2 Å². The minimum Gasteiger partial charge on any atom is -0.393 e. The standard InChI is InChI=1S/C23H27ClN6O/c1-23(2)10-17(4-6-20(23)31)29-21-15(11-25)13-28-22(30-21)26-8-7-14-12-27-19-9-16(24)3-5-18(14)19/h3,5,9,12-13,17,20,27,31H,4,6-8,10H2,1-2H3,(H2,26,28,29,30)/t17-,20+/m1/s1. The van der Waals surface area contributed by atoms with Gasteiger partial charge < -0.3 is 20.7 Å². The molecule has 3 aromatic rings. The van der Waals surface area contributed by atoms with Gasteiger partial charge in [-0.15, -0.1) is 0 Å². The zero-order valence-corrected chi connectivity index (χ0v) is 18.5. The van der Waals surface area contributed by atoms with Crippen LogP contribution in [0.4, 0.5) is 11.8 Å². The number of aromatic nitrogens is 3. The molecule has 162 valence electrons. The van der Waals surface area contributed by atoms with E-state index >= 15 is 0 Å². The van der Waals surface area contributed by atoms with Crippen molar-refractivity contribution in [3.8, 4) is 6.07 Å². The Morgan fingerprint density at radius 2 is 2.19 bits per heavy atom. The van der Waals surface area contributed by atoms with Gasteiger partial charge in [-0.05, 0) is 48.8 Å². The second kappa shape index (κ2) is 8.74. The van der Waals surface area contributed by atoms with Crippen molar-refractivity contribution in [1.82, 2.24) is 15.0 Å². The van der Waals surface area contributed by atoms with E-state index in [0.29, 0.717) is 28.9 Å². The summed E-state index contributed by atoms with van der Waals surface area (Å²) in [4.78, 5) is 12.1. The molecule has 0 unspecified atom stereocenters. The van der Waals surface area contributed by atoms with Crippen molar-refractivity contribution >= 4 is 34.3 Å². The van der Waals surface area contributed by atoms with Crippen molar-refractivity contribution in [2.24, 2.45) is 5.41 Å². The molecule has 2 heterocycles. The molecule has 0 bridgehead atoms. The van der Waals surface area contributed by atoms with Gasteiger partial charge in [0.15, 0.2) is 0 Å². The van der Waals surface area contributed by atoms with E-state index in [9.17, 15) is 10.4 Å². The zero-order chi connectivity index (χ0) is 22.0. The molecule has 4 rings (SSSR count). The average Bonchev–Trinajstić information content (AvgIpc) is 3.13. The predicted molar refractivity (Wildman–Crippen MR) is 123 cm³/mol. The molecule has 0 aliphatic heterocycles. The number of benzene rings is 1. The van der Waals surface area contributed by atoms with Crippen molar-refractivity contribution in [2.45, 2.75) is 51.7 Å². The third kappa shape index (κ3) is 4.76. The smallest absolute Gasteiger partial charge is 0.224 e. The average molecular weight is 439 g/mol. The topological polar surface area (TPSA) is 110 Å². The minimum absolute atomic E-state index is 0.159. The molecule has 0 amide bonds. The summed E-state index contributed by atoms with van der Waals surface area (Å²) in [6, 6.07) is 8.15. The quantitative estimate of drug-likeness (QED) is 0.451. The number of nitriles is 1. The summed E-state index contributed by atoms with van der Waals surface area (Å²) in [6.07, 6.45) is 6.43. The molecule has 0 saturated heterocycles. The number of aliphatic hydroxyl groups excluding tert-OH is 1. The number of aromatic amines is 1. The number of H-pyrrole nitrogens is 1. The first kappa shape index (κ1) is 21.4. The van der Waals surface area contributed by atoms with E-state index in [1.165, 1.54) is 5.56 Å². The zero-order valence-electron chi connectivity index (χ0n) is 17.7. The highest BCUT2D eigenvalue weighted by atomic mass is 35.5. The first-order valence-electron chi connectivity index (χ1n) is 10.6. The Balaban J connectivity index is 1.42. The van der Waals surface area contributed by atoms with Crippen LogP contribution in [0.2, 0.25) is 5.02 Å². The van der Waals surface area contributed by atoms with Gasteiger partial charge in [0.25, 0.3) is 0 Å². The number of rotatable bonds is 6. The summed E-state index contributed by atoms with van der Waals surface area (Å²) in [5.74, 6) is 1.03. The predicted octanol–water partition coefficient (Wildman–Crippen LogP) is 4.49. The fourth-order valence-electron chi connectivity index (χ4n) is 4.27. The van der Waals surface area contributed by atoms with Gasteiger partial charge in [0.05, 0.1) is 12.3 Å². The van der Waals surface area contributed by atoms with Gasteiger partial charge in [-0.2, -0.15) is 10.2 Å². The van der Waals surface area contributed by atoms with Gasteiger partial charge in [-0.1, -0.05) is 31.5 Å². The third-order valence-corrected chi connectivity index (χ3v) is 6.36. The number of halogens is 1. The number of nitrogens with one attached hydrogen (secondary N) is 3. The van der Waals surface area contributed by atoms with Crippen LogP contribution in [0.5, 0.6) is 0 Å². The first-order valence-corrected chi connectivity index (χ1v) is 10.9. The second-order valence-corrected chi connectivity index (χ2v) is 9.31. The van der Waals surface area contributed by atoms with Crippen LogP contribution < -0.4 is 10.6 Å². The van der Waals surface area contributed by atoms with Crippen molar-refractivity contribution in [3.63, 3.8) is 0 Å². The number of hydrogen-bond acceptors (Lipinski definition) is 6. The molecule has 2 aromatic heterocycles. The molecule has 1 saturated carbocycles. The molecule has 31 heavy (non-hydrogen) atoms. The maximum atomic E-state index is 10.2. The van der Waals surface area contributed by atoms with Crippen LogP contribution in [0.15, 0.2) is 30.6 Å². The minimum atomic E-state index is -0.302. The Hall–Kier alpha value is -2.82. The molecular formula is C23H27ClN6O. The van der Waals surface area contributed by atoms with Gasteiger partial charge in [0.1, 0.15) is 17.5 Å². The molecule has 1 fully saturated rings. The lowest BCUT2D eigenvalue weighted by molar-refractivity contribution is 0.00926. The maximum absolute atomic E-state index is 10.2. The third-order valence-electron chi connectivity index (χ3n) is 6.12. The summed E-state index contributed by atoms with van der Waals surface area (Å²) in [7, 11) is 0. The van der Waals surface area contributed by atoms with Crippen molar-refractivity contribution < 1.29 is 5.11 Å². The van der Waals surface area contributed by atoms with Crippen LogP contribution in [-0.4, -0.2) is 38.7 Å². The van der Waals surface area contributed by atoms with E-state index in [4.69, 9.17) is 11.6 Å². The first-order chi connectivity index (χ1) is 14.9. The summed E-state index contributed by atoms with van der Waals surface area (Å²) in [5.41, 5.74) is 2.46. The van der Waals surface area contributed by atoms with Crippen LogP contribution in [0.1, 0.15) is 44.2 Å². The Kier molecular flexibility index (Phi) is 6.03. The van der Waals surface area contributed by atoms with E-state index in [2.05, 4.69) is 45.5 Å². The Morgan fingerprint density at radius 1 is 1.35 bits per heavy atom. The number of hydrogen-bond donors (Lipinski definition) is 4. The fourth-order valence-corrected chi connectivity index (χ4v) is 4.44. The molecule has 1 aromatic carbocycles. The lowest BCUT2D eigenvalue weighted by Crippen LogP contribution is -2.41. The molecular weight excluding hydrogens is 412 g/mol. The van der Waals surface area contributed by atoms with Crippen LogP contribution in [-0.2, 0) is 6.42 Å². The highest BCUT2D eigenvalue weighted by Crippen LogP contribution is 2.37. The Morgan fingerprint density at radius 3 is 2.97 bits per heavy atom. The van der Waals surface area contributed by atoms with Crippen molar-refractivity contribution in [1.29, 1.82) is 5.26 Å².